The van der Waals surface area contributed by atoms with Crippen molar-refractivity contribution in [2.24, 2.45) is 0 Å². The summed E-state index contributed by atoms with van der Waals surface area (Å²) in [5.41, 5.74) is 2.72. The van der Waals surface area contributed by atoms with Gasteiger partial charge in [0, 0.05) is 27.7 Å². The molecule has 0 unspecified atom stereocenters. The predicted molar refractivity (Wildman–Crippen MR) is 100 cm³/mol. The maximum atomic E-state index is 12.0. The summed E-state index contributed by atoms with van der Waals surface area (Å²) in [4.78, 5) is 24.0. The summed E-state index contributed by atoms with van der Waals surface area (Å²) in [6, 6.07) is 12.1. The van der Waals surface area contributed by atoms with Gasteiger partial charge in [-0.25, -0.2) is 4.79 Å². The van der Waals surface area contributed by atoms with Crippen molar-refractivity contribution in [1.29, 1.82) is 0 Å². The van der Waals surface area contributed by atoms with Crippen molar-refractivity contribution in [1.82, 2.24) is 0 Å². The lowest BCUT2D eigenvalue weighted by Crippen LogP contribution is -2.20. The van der Waals surface area contributed by atoms with Gasteiger partial charge in [-0.1, -0.05) is 11.6 Å². The number of hydrogen-bond donors (Lipinski definition) is 1. The van der Waals surface area contributed by atoms with Crippen molar-refractivity contribution >= 4 is 34.2 Å². The van der Waals surface area contributed by atoms with Crippen molar-refractivity contribution in [3.8, 4) is 5.75 Å². The number of fused-ring (bicyclic) bond motifs is 3. The van der Waals surface area contributed by atoms with E-state index in [1.165, 1.54) is 0 Å². The second-order valence-corrected chi connectivity index (χ2v) is 6.64. The fraction of sp³-hybridized carbons (Fsp3) is 0.200. The molecule has 0 radical (unpaired) electrons. The van der Waals surface area contributed by atoms with Gasteiger partial charge in [0.05, 0.1) is 0 Å². The van der Waals surface area contributed by atoms with E-state index in [0.717, 1.165) is 35.8 Å². The third-order valence-corrected chi connectivity index (χ3v) is 4.69. The monoisotopic (exact) mass is 369 g/mol. The fourth-order valence-electron chi connectivity index (χ4n) is 3.23. The zero-order valence-corrected chi connectivity index (χ0v) is 14.6. The van der Waals surface area contributed by atoms with Crippen LogP contribution in [0.3, 0.4) is 0 Å². The number of hydrogen-bond acceptors (Lipinski definition) is 4. The molecular weight excluding hydrogens is 354 g/mol. The highest BCUT2D eigenvalue weighted by atomic mass is 35.5. The summed E-state index contributed by atoms with van der Waals surface area (Å²) in [5.74, 6) is 0.188. The first-order valence-electron chi connectivity index (χ1n) is 8.37. The van der Waals surface area contributed by atoms with E-state index in [9.17, 15) is 9.59 Å². The molecule has 6 heteroatoms. The number of ether oxygens (including phenoxy) is 1. The van der Waals surface area contributed by atoms with Crippen molar-refractivity contribution in [2.75, 3.05) is 11.9 Å². The maximum absolute atomic E-state index is 12.0. The molecule has 26 heavy (non-hydrogen) atoms. The topological polar surface area (TPSA) is 68.5 Å². The van der Waals surface area contributed by atoms with Gasteiger partial charge < -0.3 is 14.5 Å². The number of amides is 1. The third kappa shape index (κ3) is 3.30. The number of rotatable bonds is 4. The first-order chi connectivity index (χ1) is 12.6. The van der Waals surface area contributed by atoms with Gasteiger partial charge in [-0.3, -0.25) is 4.79 Å². The van der Waals surface area contributed by atoms with Crippen LogP contribution in [0.5, 0.6) is 5.75 Å². The van der Waals surface area contributed by atoms with E-state index in [-0.39, 0.29) is 18.1 Å². The lowest BCUT2D eigenvalue weighted by atomic mass is 10.1. The van der Waals surface area contributed by atoms with Crippen LogP contribution in [0.15, 0.2) is 51.7 Å². The Labute approximate surface area is 154 Å². The zero-order valence-electron chi connectivity index (χ0n) is 13.9. The minimum absolute atomic E-state index is 0.149. The largest absolute Gasteiger partial charge is 0.484 e. The molecule has 1 aliphatic carbocycles. The highest BCUT2D eigenvalue weighted by molar-refractivity contribution is 6.30. The van der Waals surface area contributed by atoms with Crippen LogP contribution < -0.4 is 15.7 Å². The molecule has 1 aromatic heterocycles. The summed E-state index contributed by atoms with van der Waals surface area (Å²) >= 11 is 5.81. The van der Waals surface area contributed by atoms with Gasteiger partial charge in [0.25, 0.3) is 5.91 Å². The molecule has 3 aromatic rings. The Kier molecular flexibility index (Phi) is 4.39. The van der Waals surface area contributed by atoms with Crippen LogP contribution in [0.4, 0.5) is 5.69 Å². The number of carbonyl (C=O) groups is 1. The molecule has 0 spiro atoms. The highest BCUT2D eigenvalue weighted by Crippen LogP contribution is 2.29. The molecule has 4 rings (SSSR count). The third-order valence-electron chi connectivity index (χ3n) is 4.44. The molecule has 1 heterocycles. The minimum Gasteiger partial charge on any atom is -0.484 e. The van der Waals surface area contributed by atoms with Gasteiger partial charge >= 0.3 is 5.63 Å². The number of aryl methyl sites for hydroxylation is 1. The van der Waals surface area contributed by atoms with Gasteiger partial charge in [-0.15, -0.1) is 0 Å². The van der Waals surface area contributed by atoms with E-state index in [1.54, 1.807) is 36.4 Å². The van der Waals surface area contributed by atoms with E-state index >= 15 is 0 Å². The minimum atomic E-state index is -0.289. The van der Waals surface area contributed by atoms with Crippen LogP contribution in [-0.4, -0.2) is 12.5 Å². The average Bonchev–Trinajstić information content (AvgIpc) is 3.12. The molecular formula is C20H16ClNO4. The van der Waals surface area contributed by atoms with Crippen LogP contribution in [0.25, 0.3) is 11.0 Å². The molecule has 132 valence electrons. The van der Waals surface area contributed by atoms with E-state index in [0.29, 0.717) is 22.0 Å². The summed E-state index contributed by atoms with van der Waals surface area (Å²) in [7, 11) is 0. The molecule has 1 aliphatic rings. The zero-order chi connectivity index (χ0) is 18.1. The van der Waals surface area contributed by atoms with Gasteiger partial charge in [0.1, 0.15) is 11.3 Å². The Bertz CT molecular complexity index is 1040. The van der Waals surface area contributed by atoms with Crippen LogP contribution in [0.2, 0.25) is 5.02 Å². The van der Waals surface area contributed by atoms with Crippen molar-refractivity contribution in [3.63, 3.8) is 0 Å². The summed E-state index contributed by atoms with van der Waals surface area (Å²) in [6.07, 6.45) is 2.64. The molecule has 2 aromatic carbocycles. The standard InChI is InChI=1S/C20H16ClNO4/c21-12-4-6-13(7-5-12)22-19(23)11-25-14-8-9-16-15-2-1-3-17(15)20(24)26-18(16)10-14/h4-10H,1-3,11H2,(H,22,23). The first-order valence-corrected chi connectivity index (χ1v) is 8.75. The number of carbonyl (C=O) groups excluding carboxylic acids is 1. The van der Waals surface area contributed by atoms with E-state index in [2.05, 4.69) is 5.32 Å². The van der Waals surface area contributed by atoms with Gasteiger partial charge in [0.2, 0.25) is 0 Å². The fourth-order valence-corrected chi connectivity index (χ4v) is 3.36. The highest BCUT2D eigenvalue weighted by Gasteiger charge is 2.19. The Hall–Kier alpha value is -2.79. The molecule has 1 N–H and O–H groups in total. The number of anilines is 1. The Balaban J connectivity index is 1.47. The van der Waals surface area contributed by atoms with Crippen molar-refractivity contribution in [3.05, 3.63) is 69.0 Å². The summed E-state index contributed by atoms with van der Waals surface area (Å²) in [6.45, 7) is -0.149. The number of benzene rings is 2. The van der Waals surface area contributed by atoms with Crippen molar-refractivity contribution < 1.29 is 13.9 Å². The Morgan fingerprint density at radius 3 is 2.69 bits per heavy atom. The molecule has 0 saturated heterocycles. The van der Waals surface area contributed by atoms with Gasteiger partial charge in [-0.05, 0) is 61.2 Å². The molecule has 1 amide bonds. The predicted octanol–water partition coefficient (Wildman–Crippen LogP) is 3.95. The van der Waals surface area contributed by atoms with Gasteiger partial charge in [0.15, 0.2) is 6.61 Å². The van der Waals surface area contributed by atoms with E-state index in [4.69, 9.17) is 20.8 Å². The number of nitrogens with one attached hydrogen (secondary N) is 1. The van der Waals surface area contributed by atoms with Crippen LogP contribution in [-0.2, 0) is 17.6 Å². The normalized spacial score (nSPS) is 12.8. The van der Waals surface area contributed by atoms with Crippen molar-refractivity contribution in [2.45, 2.75) is 19.3 Å². The molecule has 0 atom stereocenters. The molecule has 5 nitrogen and oxygen atoms in total. The van der Waals surface area contributed by atoms with Crippen LogP contribution in [0.1, 0.15) is 17.5 Å². The van der Waals surface area contributed by atoms with E-state index in [1.807, 2.05) is 6.07 Å². The SMILES string of the molecule is O=C(COc1ccc2c3c(c(=O)oc2c1)CCC3)Nc1ccc(Cl)cc1. The van der Waals surface area contributed by atoms with Crippen LogP contribution in [0, 0.1) is 0 Å². The lowest BCUT2D eigenvalue weighted by Gasteiger charge is -2.09. The quantitative estimate of drug-likeness (QED) is 0.707. The van der Waals surface area contributed by atoms with Gasteiger partial charge in [-0.2, -0.15) is 0 Å². The lowest BCUT2D eigenvalue weighted by molar-refractivity contribution is -0.118. The van der Waals surface area contributed by atoms with Crippen LogP contribution >= 0.6 is 11.6 Å². The second kappa shape index (κ2) is 6.84. The average molecular weight is 370 g/mol. The number of halogens is 1. The molecule has 0 fully saturated rings. The smallest absolute Gasteiger partial charge is 0.339 e. The maximum Gasteiger partial charge on any atom is 0.339 e. The second-order valence-electron chi connectivity index (χ2n) is 6.20. The Morgan fingerprint density at radius 1 is 1.12 bits per heavy atom. The first kappa shape index (κ1) is 16.7. The molecule has 0 bridgehead atoms. The Morgan fingerprint density at radius 2 is 1.88 bits per heavy atom. The molecule has 0 saturated carbocycles. The molecule has 0 aliphatic heterocycles. The van der Waals surface area contributed by atoms with E-state index < -0.39 is 0 Å². The summed E-state index contributed by atoms with van der Waals surface area (Å²) in [5, 5.41) is 4.26. The summed E-state index contributed by atoms with van der Waals surface area (Å²) < 4.78 is 10.9.